The molecule has 0 amide bonds. The lowest BCUT2D eigenvalue weighted by Crippen LogP contribution is -2.38. The van der Waals surface area contributed by atoms with Crippen LogP contribution in [0.25, 0.3) is 11.1 Å². The molecule has 0 radical (unpaired) electrons. The Balaban J connectivity index is 1.59. The van der Waals surface area contributed by atoms with Crippen molar-refractivity contribution in [2.75, 3.05) is 37.6 Å². The quantitative estimate of drug-likeness (QED) is 0.759. The van der Waals surface area contributed by atoms with Crippen molar-refractivity contribution < 1.29 is 13.8 Å². The molecular formula is C20H24N4O3S. The van der Waals surface area contributed by atoms with Gasteiger partial charge in [0.15, 0.2) is 6.19 Å². The number of methoxy groups -OCH3 is 1. The van der Waals surface area contributed by atoms with E-state index in [0.29, 0.717) is 26.2 Å². The molecule has 0 aliphatic carbocycles. The van der Waals surface area contributed by atoms with E-state index in [0.717, 1.165) is 29.0 Å². The van der Waals surface area contributed by atoms with Gasteiger partial charge in [-0.3, -0.25) is 13.4 Å². The van der Waals surface area contributed by atoms with Crippen LogP contribution < -0.4 is 9.04 Å². The second kappa shape index (κ2) is 7.53. The highest BCUT2D eigenvalue weighted by molar-refractivity contribution is 8.23. The fourth-order valence-electron chi connectivity index (χ4n) is 3.92. The summed E-state index contributed by atoms with van der Waals surface area (Å²) in [4.78, 5) is 1.67. The lowest BCUT2D eigenvalue weighted by molar-refractivity contribution is 0.310. The van der Waals surface area contributed by atoms with Crippen LogP contribution in [0.2, 0.25) is 0 Å². The van der Waals surface area contributed by atoms with Crippen LogP contribution in [0.3, 0.4) is 0 Å². The molecule has 0 saturated carbocycles. The molecule has 0 spiro atoms. The zero-order valence-corrected chi connectivity index (χ0v) is 16.5. The van der Waals surface area contributed by atoms with Crippen LogP contribution in [0.5, 0.6) is 5.75 Å². The fraction of sp³-hybridized carbons (Fsp3) is 0.350. The molecule has 2 saturated heterocycles. The molecule has 28 heavy (non-hydrogen) atoms. The van der Waals surface area contributed by atoms with E-state index < -0.39 is 11.0 Å². The number of benzene rings is 2. The first-order valence-corrected chi connectivity index (χ1v) is 10.7. The summed E-state index contributed by atoms with van der Waals surface area (Å²) >= 11 is 0. The van der Waals surface area contributed by atoms with Crippen LogP contribution in [0, 0.1) is 11.5 Å². The van der Waals surface area contributed by atoms with Crippen molar-refractivity contribution in [1.29, 1.82) is 5.26 Å². The van der Waals surface area contributed by atoms with Crippen molar-refractivity contribution in [3.05, 3.63) is 48.5 Å². The monoisotopic (exact) mass is 400 g/mol. The van der Waals surface area contributed by atoms with Crippen molar-refractivity contribution in [2.24, 2.45) is 0 Å². The maximum atomic E-state index is 11.0. The van der Waals surface area contributed by atoms with Gasteiger partial charge in [0, 0.05) is 19.6 Å². The van der Waals surface area contributed by atoms with Gasteiger partial charge in [-0.05, 0) is 41.8 Å². The Labute approximate surface area is 167 Å². The van der Waals surface area contributed by atoms with Gasteiger partial charge < -0.3 is 9.64 Å². The van der Waals surface area contributed by atoms with Crippen molar-refractivity contribution in [3.8, 4) is 23.1 Å². The highest BCUT2D eigenvalue weighted by atomic mass is 32.3. The van der Waals surface area contributed by atoms with Crippen molar-refractivity contribution in [1.82, 2.24) is 9.21 Å². The van der Waals surface area contributed by atoms with Crippen LogP contribution in [0.1, 0.15) is 6.42 Å². The van der Waals surface area contributed by atoms with E-state index in [-0.39, 0.29) is 6.04 Å². The number of anilines is 1. The molecule has 2 heterocycles. The summed E-state index contributed by atoms with van der Waals surface area (Å²) < 4.78 is 30.8. The van der Waals surface area contributed by atoms with E-state index in [4.69, 9.17) is 10.00 Å². The molecule has 1 unspecified atom stereocenters. The van der Waals surface area contributed by atoms with Gasteiger partial charge in [0.2, 0.25) is 0 Å². The maximum Gasteiger partial charge on any atom is 0.179 e. The predicted molar refractivity (Wildman–Crippen MR) is 111 cm³/mol. The summed E-state index contributed by atoms with van der Waals surface area (Å²) in [6, 6.07) is 15.6. The fourth-order valence-corrected chi connectivity index (χ4v) is 5.80. The molecule has 4 rings (SSSR count). The third kappa shape index (κ3) is 3.38. The van der Waals surface area contributed by atoms with Crippen molar-refractivity contribution >= 4 is 16.6 Å². The molecule has 8 heteroatoms. The normalized spacial score (nSPS) is 22.9. The standard InChI is InChI=1S/C20H24N4O3S/c1-27-20-7-3-5-17(13-20)16-4-2-6-18(12-16)23-10-11-24(28(23,25)26)19-8-9-22(14-19)15-21/h2-7,12-13,19,25-26H,8-11,14H2,1H3. The number of hydrogen-bond donors (Lipinski definition) is 2. The molecule has 2 fully saturated rings. The molecule has 0 aromatic heterocycles. The Hall–Kier alpha value is -2.44. The van der Waals surface area contributed by atoms with Crippen LogP contribution in [-0.2, 0) is 0 Å². The smallest absolute Gasteiger partial charge is 0.179 e. The molecule has 2 aliphatic heterocycles. The van der Waals surface area contributed by atoms with Gasteiger partial charge in [0.1, 0.15) is 5.75 Å². The Bertz CT molecular complexity index is 901. The van der Waals surface area contributed by atoms with Crippen molar-refractivity contribution in [3.63, 3.8) is 0 Å². The SMILES string of the molecule is COc1cccc(-c2cccc(N3CCN(C4CCN(C#N)C4)S3(O)O)c2)c1. The average molecular weight is 401 g/mol. The first kappa shape index (κ1) is 18.9. The second-order valence-corrected chi connectivity index (χ2v) is 8.89. The van der Waals surface area contributed by atoms with Gasteiger partial charge in [-0.1, -0.05) is 35.2 Å². The van der Waals surface area contributed by atoms with Crippen molar-refractivity contribution in [2.45, 2.75) is 12.5 Å². The minimum absolute atomic E-state index is 0.0174. The molecule has 2 N–H and O–H groups in total. The van der Waals surface area contributed by atoms with Gasteiger partial charge in [0.05, 0.1) is 25.4 Å². The molecule has 0 bridgehead atoms. The minimum Gasteiger partial charge on any atom is -0.497 e. The third-order valence-electron chi connectivity index (χ3n) is 5.38. The lowest BCUT2D eigenvalue weighted by atomic mass is 10.0. The van der Waals surface area contributed by atoms with Crippen LogP contribution >= 0.6 is 11.0 Å². The zero-order valence-electron chi connectivity index (χ0n) is 15.7. The first-order chi connectivity index (χ1) is 13.5. The van der Waals surface area contributed by atoms with Gasteiger partial charge >= 0.3 is 0 Å². The number of nitriles is 1. The first-order valence-electron chi connectivity index (χ1n) is 9.25. The van der Waals surface area contributed by atoms with E-state index in [9.17, 15) is 9.11 Å². The Kier molecular flexibility index (Phi) is 5.08. The molecule has 2 aromatic carbocycles. The van der Waals surface area contributed by atoms with Crippen LogP contribution in [0.15, 0.2) is 48.5 Å². The summed E-state index contributed by atoms with van der Waals surface area (Å²) in [5.41, 5.74) is 2.77. The van der Waals surface area contributed by atoms with Gasteiger partial charge in [0.25, 0.3) is 0 Å². The topological polar surface area (TPSA) is 83.2 Å². The largest absolute Gasteiger partial charge is 0.497 e. The number of ether oxygens (including phenoxy) is 1. The lowest BCUT2D eigenvalue weighted by Gasteiger charge is -2.45. The highest BCUT2D eigenvalue weighted by Gasteiger charge is 2.43. The summed E-state index contributed by atoms with van der Waals surface area (Å²) in [6.07, 6.45) is 2.92. The summed E-state index contributed by atoms with van der Waals surface area (Å²) in [6.45, 7) is 2.31. The molecule has 1 atom stereocenters. The van der Waals surface area contributed by atoms with Gasteiger partial charge in [-0.25, -0.2) is 0 Å². The maximum absolute atomic E-state index is 11.0. The predicted octanol–water partition coefficient (Wildman–Crippen LogP) is 3.62. The molecular weight excluding hydrogens is 376 g/mol. The minimum atomic E-state index is -3.10. The summed E-state index contributed by atoms with van der Waals surface area (Å²) in [5.74, 6) is 0.780. The molecule has 2 aromatic rings. The highest BCUT2D eigenvalue weighted by Crippen LogP contribution is 2.55. The third-order valence-corrected chi connectivity index (χ3v) is 7.48. The number of nitrogens with zero attached hydrogens (tertiary/aromatic N) is 4. The average Bonchev–Trinajstić information content (AvgIpc) is 3.31. The summed E-state index contributed by atoms with van der Waals surface area (Å²) in [7, 11) is -1.46. The number of hydrogen-bond acceptors (Lipinski definition) is 7. The Morgan fingerprint density at radius 3 is 2.54 bits per heavy atom. The Morgan fingerprint density at radius 1 is 1.07 bits per heavy atom. The van der Waals surface area contributed by atoms with E-state index in [1.54, 1.807) is 20.6 Å². The summed E-state index contributed by atoms with van der Waals surface area (Å²) in [5, 5.41) is 9.08. The van der Waals surface area contributed by atoms with Crippen LogP contribution in [-0.4, -0.2) is 57.6 Å². The van der Waals surface area contributed by atoms with Gasteiger partial charge in [-0.15, -0.1) is 0 Å². The van der Waals surface area contributed by atoms with E-state index in [1.165, 1.54) is 0 Å². The number of likely N-dealkylation sites (tertiary alicyclic amines) is 1. The molecule has 148 valence electrons. The Morgan fingerprint density at radius 2 is 1.82 bits per heavy atom. The van der Waals surface area contributed by atoms with Crippen LogP contribution in [0.4, 0.5) is 5.69 Å². The van der Waals surface area contributed by atoms with E-state index in [2.05, 4.69) is 6.19 Å². The molecule has 7 nitrogen and oxygen atoms in total. The molecule has 2 aliphatic rings. The van der Waals surface area contributed by atoms with E-state index in [1.807, 2.05) is 48.5 Å². The second-order valence-electron chi connectivity index (χ2n) is 7.00. The van der Waals surface area contributed by atoms with Gasteiger partial charge in [-0.2, -0.15) is 9.57 Å². The zero-order chi connectivity index (χ0) is 19.7. The number of rotatable bonds is 4. The van der Waals surface area contributed by atoms with E-state index >= 15 is 0 Å².